The van der Waals surface area contributed by atoms with Crippen molar-refractivity contribution in [2.45, 2.75) is 32.7 Å². The molecule has 3 rings (SSSR count). The Morgan fingerprint density at radius 2 is 2.05 bits per heavy atom. The molecule has 2 N–H and O–H groups in total. The lowest BCUT2D eigenvalue weighted by Crippen LogP contribution is -2.41. The van der Waals surface area contributed by atoms with Crippen molar-refractivity contribution >= 4 is 10.9 Å². The van der Waals surface area contributed by atoms with Gasteiger partial charge in [-0.2, -0.15) is 0 Å². The summed E-state index contributed by atoms with van der Waals surface area (Å²) in [6, 6.07) is 8.78. The summed E-state index contributed by atoms with van der Waals surface area (Å²) in [5.74, 6) is 0. The summed E-state index contributed by atoms with van der Waals surface area (Å²) < 4.78 is 0. The van der Waals surface area contributed by atoms with Crippen LogP contribution < -0.4 is 0 Å². The molecule has 20 heavy (non-hydrogen) atoms. The molecule has 1 aromatic carbocycles. The molecule has 1 aliphatic heterocycles. The lowest BCUT2D eigenvalue weighted by molar-refractivity contribution is 0.0382. The first-order valence-electron chi connectivity index (χ1n) is 7.64. The monoisotopic (exact) mass is 272 g/mol. The molecule has 2 heterocycles. The molecule has 0 aliphatic carbocycles. The Labute approximate surface area is 120 Å². The topological polar surface area (TPSA) is 39.3 Å². The van der Waals surface area contributed by atoms with Crippen LogP contribution in [-0.4, -0.2) is 34.7 Å². The Balaban J connectivity index is 1.64. The highest BCUT2D eigenvalue weighted by atomic mass is 16.3. The molecule has 3 heteroatoms. The van der Waals surface area contributed by atoms with Crippen LogP contribution in [0.25, 0.3) is 10.9 Å². The number of nitrogens with one attached hydrogen (secondary N) is 1. The molecule has 0 spiro atoms. The van der Waals surface area contributed by atoms with Gasteiger partial charge in [0.15, 0.2) is 0 Å². The largest absolute Gasteiger partial charge is 0.396 e. The van der Waals surface area contributed by atoms with Gasteiger partial charge in [-0.15, -0.1) is 0 Å². The number of fused-ring (bicyclic) bond motifs is 1. The Bertz CT molecular complexity index is 561. The van der Waals surface area contributed by atoms with Gasteiger partial charge in [0, 0.05) is 24.9 Å². The van der Waals surface area contributed by atoms with Crippen molar-refractivity contribution < 1.29 is 5.11 Å². The van der Waals surface area contributed by atoms with Crippen molar-refractivity contribution in [2.24, 2.45) is 5.41 Å². The van der Waals surface area contributed by atoms with Gasteiger partial charge in [0.2, 0.25) is 0 Å². The smallest absolute Gasteiger partial charge is 0.0488 e. The molecule has 0 saturated carbocycles. The van der Waals surface area contributed by atoms with Crippen LogP contribution in [0.15, 0.2) is 30.5 Å². The first kappa shape index (κ1) is 13.7. The Morgan fingerprint density at radius 1 is 1.25 bits per heavy atom. The van der Waals surface area contributed by atoms with E-state index >= 15 is 0 Å². The minimum atomic E-state index is 0.180. The number of piperidine rings is 1. The molecule has 1 aliphatic rings. The molecular weight excluding hydrogens is 248 g/mol. The van der Waals surface area contributed by atoms with E-state index in [9.17, 15) is 5.11 Å². The highest BCUT2D eigenvalue weighted by Crippen LogP contribution is 2.34. The minimum Gasteiger partial charge on any atom is -0.396 e. The third-order valence-corrected chi connectivity index (χ3v) is 5.03. The van der Waals surface area contributed by atoms with Crippen molar-refractivity contribution in [2.75, 3.05) is 19.7 Å². The first-order valence-corrected chi connectivity index (χ1v) is 7.64. The second kappa shape index (κ2) is 5.58. The summed E-state index contributed by atoms with van der Waals surface area (Å²) in [6.45, 7) is 5.74. The molecule has 0 radical (unpaired) electrons. The zero-order valence-electron chi connectivity index (χ0n) is 12.2. The summed E-state index contributed by atoms with van der Waals surface area (Å²) in [7, 11) is 0. The van der Waals surface area contributed by atoms with Gasteiger partial charge < -0.3 is 10.1 Å². The van der Waals surface area contributed by atoms with E-state index in [1.807, 2.05) is 6.20 Å². The molecular formula is C17H24N2O. The van der Waals surface area contributed by atoms with E-state index in [-0.39, 0.29) is 5.41 Å². The van der Waals surface area contributed by atoms with Gasteiger partial charge in [-0.3, -0.25) is 4.90 Å². The lowest BCUT2D eigenvalue weighted by Gasteiger charge is -2.40. The van der Waals surface area contributed by atoms with Crippen molar-refractivity contribution in [3.8, 4) is 0 Å². The zero-order chi connectivity index (χ0) is 14.0. The lowest BCUT2D eigenvalue weighted by atomic mass is 9.77. The van der Waals surface area contributed by atoms with Gasteiger partial charge in [0.05, 0.1) is 0 Å². The maximum Gasteiger partial charge on any atom is 0.0488 e. The van der Waals surface area contributed by atoms with Crippen molar-refractivity contribution in [3.05, 3.63) is 36.0 Å². The van der Waals surface area contributed by atoms with Crippen LogP contribution in [0.2, 0.25) is 0 Å². The highest BCUT2D eigenvalue weighted by Gasteiger charge is 2.32. The van der Waals surface area contributed by atoms with Gasteiger partial charge in [0.25, 0.3) is 0 Å². The number of rotatable bonds is 4. The molecule has 0 bridgehead atoms. The number of aromatic amines is 1. The van der Waals surface area contributed by atoms with Crippen LogP contribution in [-0.2, 0) is 6.54 Å². The molecule has 1 aromatic heterocycles. The maximum absolute atomic E-state index is 9.59. The predicted octanol–water partition coefficient (Wildman–Crippen LogP) is 3.15. The van der Waals surface area contributed by atoms with Gasteiger partial charge >= 0.3 is 0 Å². The highest BCUT2D eigenvalue weighted by molar-refractivity contribution is 5.79. The fourth-order valence-corrected chi connectivity index (χ4v) is 3.26. The van der Waals surface area contributed by atoms with Gasteiger partial charge in [-0.25, -0.2) is 0 Å². The number of likely N-dealkylation sites (tertiary alicyclic amines) is 1. The van der Waals surface area contributed by atoms with Crippen LogP contribution in [0, 0.1) is 5.41 Å². The van der Waals surface area contributed by atoms with Crippen molar-refractivity contribution in [1.29, 1.82) is 0 Å². The normalized spacial score (nSPS) is 19.5. The van der Waals surface area contributed by atoms with Crippen LogP contribution in [0.4, 0.5) is 0 Å². The average Bonchev–Trinajstić information content (AvgIpc) is 2.96. The van der Waals surface area contributed by atoms with E-state index in [1.54, 1.807) is 0 Å². The fraction of sp³-hybridized carbons (Fsp3) is 0.529. The minimum absolute atomic E-state index is 0.180. The van der Waals surface area contributed by atoms with Gasteiger partial charge in [0.1, 0.15) is 0 Å². The van der Waals surface area contributed by atoms with Gasteiger partial charge in [-0.05, 0) is 60.8 Å². The number of hydrogen-bond donors (Lipinski definition) is 2. The first-order chi connectivity index (χ1) is 9.74. The van der Waals surface area contributed by atoms with E-state index in [2.05, 4.69) is 41.1 Å². The molecule has 2 aromatic rings. The van der Waals surface area contributed by atoms with Crippen LogP contribution in [0.5, 0.6) is 0 Å². The van der Waals surface area contributed by atoms with E-state index in [0.717, 1.165) is 38.9 Å². The molecule has 1 saturated heterocycles. The molecule has 0 atom stereocenters. The van der Waals surface area contributed by atoms with Crippen LogP contribution >= 0.6 is 0 Å². The number of H-pyrrole nitrogens is 1. The van der Waals surface area contributed by atoms with Crippen molar-refractivity contribution in [3.63, 3.8) is 0 Å². The van der Waals surface area contributed by atoms with Crippen molar-refractivity contribution in [1.82, 2.24) is 9.88 Å². The second-order valence-electron chi connectivity index (χ2n) is 6.19. The Morgan fingerprint density at radius 3 is 2.75 bits per heavy atom. The summed E-state index contributed by atoms with van der Waals surface area (Å²) in [4.78, 5) is 5.78. The summed E-state index contributed by atoms with van der Waals surface area (Å²) in [5, 5.41) is 10.9. The summed E-state index contributed by atoms with van der Waals surface area (Å²) in [6.07, 6.45) is 5.31. The second-order valence-corrected chi connectivity index (χ2v) is 6.19. The summed E-state index contributed by atoms with van der Waals surface area (Å²) >= 11 is 0. The summed E-state index contributed by atoms with van der Waals surface area (Å²) in [5.41, 5.74) is 2.77. The predicted molar refractivity (Wildman–Crippen MR) is 82.6 cm³/mol. The number of benzene rings is 1. The number of aliphatic hydroxyl groups is 1. The molecule has 0 unspecified atom stereocenters. The zero-order valence-corrected chi connectivity index (χ0v) is 12.2. The quantitative estimate of drug-likeness (QED) is 0.897. The number of aliphatic hydroxyl groups excluding tert-OH is 1. The Kier molecular flexibility index (Phi) is 3.81. The molecule has 3 nitrogen and oxygen atoms in total. The third kappa shape index (κ3) is 2.60. The molecule has 0 amide bonds. The number of aromatic nitrogens is 1. The Hall–Kier alpha value is -1.32. The van der Waals surface area contributed by atoms with Crippen LogP contribution in [0.3, 0.4) is 0 Å². The third-order valence-electron chi connectivity index (χ3n) is 5.03. The number of hydrogen-bond acceptors (Lipinski definition) is 2. The maximum atomic E-state index is 9.59. The van der Waals surface area contributed by atoms with E-state index in [0.29, 0.717) is 6.61 Å². The van der Waals surface area contributed by atoms with E-state index in [4.69, 9.17) is 0 Å². The standard InChI is InChI=1S/C17H24N2O/c1-2-17(13-20)6-9-19(10-7-17)12-14-3-4-15-5-8-18-16(15)11-14/h3-5,8,11,18,20H,2,6-7,9-10,12-13H2,1H3. The number of nitrogens with zero attached hydrogens (tertiary/aromatic N) is 1. The molecule has 108 valence electrons. The average molecular weight is 272 g/mol. The van der Waals surface area contributed by atoms with E-state index in [1.165, 1.54) is 16.5 Å². The SMILES string of the molecule is CCC1(CO)CCN(Cc2ccc3cc[nH]c3c2)CC1. The van der Waals surface area contributed by atoms with Gasteiger partial charge in [-0.1, -0.05) is 19.1 Å². The van der Waals surface area contributed by atoms with Crippen LogP contribution in [0.1, 0.15) is 31.7 Å². The molecule has 1 fully saturated rings. The fourth-order valence-electron chi connectivity index (χ4n) is 3.26. The van der Waals surface area contributed by atoms with E-state index < -0.39 is 0 Å².